The molecule has 4 N–H and O–H groups in total. The minimum atomic E-state index is -1.17. The predicted molar refractivity (Wildman–Crippen MR) is 126 cm³/mol. The minimum Gasteiger partial charge on any atom is -0.348 e. The summed E-state index contributed by atoms with van der Waals surface area (Å²) in [5, 5.41) is 2.26. The van der Waals surface area contributed by atoms with Gasteiger partial charge in [-0.2, -0.15) is 0 Å². The number of nitrogens with zero attached hydrogens (tertiary/aromatic N) is 1. The van der Waals surface area contributed by atoms with Crippen LogP contribution in [0.2, 0.25) is 0 Å². The molecule has 186 valence electrons. The maximum Gasteiger partial charge on any atom is 0.257 e. The molecule has 0 aliphatic heterocycles. The number of halogens is 3. The van der Waals surface area contributed by atoms with E-state index in [0.29, 0.717) is 12.1 Å². The number of rotatable bonds is 8. The zero-order valence-electron chi connectivity index (χ0n) is 20.1. The lowest BCUT2D eigenvalue weighted by atomic mass is 10.1. The van der Waals surface area contributed by atoms with Gasteiger partial charge in [0.15, 0.2) is 11.2 Å². The lowest BCUT2D eigenvalue weighted by molar-refractivity contribution is 0.0944. The molecule has 10 heteroatoms. The maximum atomic E-state index is 13.8. The summed E-state index contributed by atoms with van der Waals surface area (Å²) in [7, 11) is 0. The zero-order chi connectivity index (χ0) is 26.2. The summed E-state index contributed by atoms with van der Waals surface area (Å²) in [5.41, 5.74) is 7.16. The number of ketones is 1. The van der Waals surface area contributed by atoms with Crippen LogP contribution in [-0.2, 0) is 6.54 Å². The summed E-state index contributed by atoms with van der Waals surface area (Å²) in [5.74, 6) is -4.74. The largest absolute Gasteiger partial charge is 0.348 e. The third-order valence-electron chi connectivity index (χ3n) is 4.60. The summed E-state index contributed by atoms with van der Waals surface area (Å²) in [6.45, 7) is 9.63. The monoisotopic (exact) mass is 480 g/mol. The molecule has 0 aliphatic carbocycles. The van der Waals surface area contributed by atoms with Crippen molar-refractivity contribution in [2.45, 2.75) is 60.2 Å². The molecule has 2 rings (SSSR count). The number of Topliss-reactive ketones (excluding diaryl/α,β-unsaturated/α-hetero) is 1. The lowest BCUT2D eigenvalue weighted by Gasteiger charge is -2.20. The van der Waals surface area contributed by atoms with Crippen molar-refractivity contribution in [2.24, 2.45) is 5.73 Å². The molecule has 34 heavy (non-hydrogen) atoms. The van der Waals surface area contributed by atoms with Crippen LogP contribution in [0.25, 0.3) is 0 Å². The average Bonchev–Trinajstić information content (AvgIpc) is 2.75. The molecule has 7 nitrogen and oxygen atoms in total. The van der Waals surface area contributed by atoms with Gasteiger partial charge >= 0.3 is 0 Å². The van der Waals surface area contributed by atoms with E-state index in [1.165, 1.54) is 18.5 Å². The van der Waals surface area contributed by atoms with E-state index in [1.807, 2.05) is 13.8 Å². The Hall–Kier alpha value is -3.40. The minimum absolute atomic E-state index is 0.0279. The van der Waals surface area contributed by atoms with E-state index in [-0.39, 0.29) is 28.9 Å². The van der Waals surface area contributed by atoms with E-state index >= 15 is 0 Å². The van der Waals surface area contributed by atoms with Crippen molar-refractivity contribution >= 4 is 11.7 Å². The zero-order valence-corrected chi connectivity index (χ0v) is 20.1. The Morgan fingerprint density at radius 2 is 1.68 bits per heavy atom. The number of carbonyl (C=O) groups excluding carboxylic acids is 2. The second-order valence-electron chi connectivity index (χ2n) is 7.46. The van der Waals surface area contributed by atoms with Gasteiger partial charge in [0.05, 0.1) is 6.04 Å². The van der Waals surface area contributed by atoms with Crippen LogP contribution in [0.3, 0.4) is 0 Å². The number of pyridine rings is 1. The number of carbonyl (C=O) groups is 2. The van der Waals surface area contributed by atoms with Crippen LogP contribution < -0.4 is 21.9 Å². The van der Waals surface area contributed by atoms with Crippen molar-refractivity contribution < 1.29 is 22.8 Å². The summed E-state index contributed by atoms with van der Waals surface area (Å²) >= 11 is 0. The Kier molecular flexibility index (Phi) is 10.7. The highest BCUT2D eigenvalue weighted by molar-refractivity contribution is 5.97. The van der Waals surface area contributed by atoms with Gasteiger partial charge in [0.1, 0.15) is 28.7 Å². The molecule has 0 radical (unpaired) electrons. The normalized spacial score (nSPS) is 12.5. The van der Waals surface area contributed by atoms with Crippen LogP contribution in [0.5, 0.6) is 0 Å². The Morgan fingerprint density at radius 3 is 2.18 bits per heavy atom. The molecule has 2 atom stereocenters. The second-order valence-corrected chi connectivity index (χ2v) is 7.46. The molecule has 0 spiro atoms. The van der Waals surface area contributed by atoms with Crippen LogP contribution in [0.4, 0.5) is 13.2 Å². The Labute approximate surface area is 196 Å². The van der Waals surface area contributed by atoms with Crippen molar-refractivity contribution in [1.82, 2.24) is 9.99 Å². The predicted octanol–water partition coefficient (Wildman–Crippen LogP) is 3.57. The van der Waals surface area contributed by atoms with Gasteiger partial charge in [0.25, 0.3) is 5.91 Å². The lowest BCUT2D eigenvalue weighted by Crippen LogP contribution is -2.36. The fourth-order valence-electron chi connectivity index (χ4n) is 3.05. The first kappa shape index (κ1) is 28.6. The first-order valence-electron chi connectivity index (χ1n) is 10.8. The summed E-state index contributed by atoms with van der Waals surface area (Å²) in [4.78, 5) is 37.5. The molecule has 2 unspecified atom stereocenters. The molecular formula is C24H31F3N4O3. The number of hydrogen-bond acceptors (Lipinski definition) is 5. The SMILES string of the molecule is CC.CC(=O)c1c(C)c(=O)c(C(=O)NCc2c(F)cc(F)cc2F)cn1NC(C)/C=C\C(C)N. The van der Waals surface area contributed by atoms with Crippen LogP contribution in [0, 0.1) is 24.4 Å². The van der Waals surface area contributed by atoms with E-state index in [4.69, 9.17) is 5.73 Å². The highest BCUT2D eigenvalue weighted by atomic mass is 19.1. The van der Waals surface area contributed by atoms with E-state index < -0.39 is 46.7 Å². The quantitative estimate of drug-likeness (QED) is 0.396. The molecule has 0 fully saturated rings. The number of nitrogens with one attached hydrogen (secondary N) is 2. The number of benzene rings is 1. The molecule has 2 aromatic rings. The van der Waals surface area contributed by atoms with Gasteiger partial charge in [0.2, 0.25) is 0 Å². The Balaban J connectivity index is 0.00000281. The van der Waals surface area contributed by atoms with Crippen LogP contribution in [-0.4, -0.2) is 28.5 Å². The van der Waals surface area contributed by atoms with Crippen LogP contribution in [0.1, 0.15) is 66.6 Å². The highest BCUT2D eigenvalue weighted by Gasteiger charge is 2.21. The molecule has 0 saturated carbocycles. The summed E-state index contributed by atoms with van der Waals surface area (Å²) in [6, 6.07) is 0.463. The van der Waals surface area contributed by atoms with Gasteiger partial charge in [-0.25, -0.2) is 13.2 Å². The molecule has 1 heterocycles. The number of nitrogens with two attached hydrogens (primary N) is 1. The Bertz CT molecular complexity index is 1100. The van der Waals surface area contributed by atoms with Gasteiger partial charge in [-0.05, 0) is 20.8 Å². The van der Waals surface area contributed by atoms with E-state index in [2.05, 4.69) is 10.7 Å². The van der Waals surface area contributed by atoms with Crippen molar-refractivity contribution in [3.63, 3.8) is 0 Å². The number of amides is 1. The third kappa shape index (κ3) is 7.31. The van der Waals surface area contributed by atoms with Gasteiger partial charge in [0, 0.05) is 49.0 Å². The topological polar surface area (TPSA) is 106 Å². The van der Waals surface area contributed by atoms with Crippen LogP contribution >= 0.6 is 0 Å². The van der Waals surface area contributed by atoms with Crippen molar-refractivity contribution in [2.75, 3.05) is 5.43 Å². The van der Waals surface area contributed by atoms with Crippen molar-refractivity contribution in [1.29, 1.82) is 0 Å². The maximum absolute atomic E-state index is 13.8. The highest BCUT2D eigenvalue weighted by Crippen LogP contribution is 2.15. The van der Waals surface area contributed by atoms with E-state index in [0.717, 1.165) is 6.20 Å². The standard InChI is InChI=1S/C22H25F3N4O3.C2H6/c1-11(26)5-6-12(2)28-29-10-17(21(31)13(3)20(29)14(4)30)22(32)27-9-16-18(24)7-15(23)8-19(16)25;1-2/h5-8,10-12,28H,9,26H2,1-4H3,(H,27,32);1-2H3/b6-5-;. The van der Waals surface area contributed by atoms with Crippen LogP contribution in [0.15, 0.2) is 35.3 Å². The average molecular weight is 481 g/mol. The Morgan fingerprint density at radius 1 is 1.12 bits per heavy atom. The molecule has 0 saturated heterocycles. The molecule has 1 amide bonds. The summed E-state index contributed by atoms with van der Waals surface area (Å²) in [6.07, 6.45) is 4.64. The van der Waals surface area contributed by atoms with Gasteiger partial charge in [-0.3, -0.25) is 19.1 Å². The van der Waals surface area contributed by atoms with Gasteiger partial charge < -0.3 is 16.5 Å². The molecule has 0 aliphatic rings. The molecule has 1 aromatic carbocycles. The fourth-order valence-corrected chi connectivity index (χ4v) is 3.05. The number of hydrogen-bond donors (Lipinski definition) is 3. The first-order valence-corrected chi connectivity index (χ1v) is 10.8. The van der Waals surface area contributed by atoms with Crippen molar-refractivity contribution in [3.8, 4) is 0 Å². The first-order chi connectivity index (χ1) is 15.9. The number of aromatic nitrogens is 1. The summed E-state index contributed by atoms with van der Waals surface area (Å²) < 4.78 is 42.0. The smallest absolute Gasteiger partial charge is 0.257 e. The third-order valence-corrected chi connectivity index (χ3v) is 4.60. The van der Waals surface area contributed by atoms with E-state index in [9.17, 15) is 27.6 Å². The molecular weight excluding hydrogens is 449 g/mol. The van der Waals surface area contributed by atoms with Crippen molar-refractivity contribution in [3.05, 3.63) is 80.5 Å². The van der Waals surface area contributed by atoms with Gasteiger partial charge in [-0.15, -0.1) is 0 Å². The van der Waals surface area contributed by atoms with E-state index in [1.54, 1.807) is 26.0 Å². The molecule has 1 aromatic heterocycles. The fraction of sp³-hybridized carbons (Fsp3) is 0.375. The second kappa shape index (κ2) is 12.7. The molecule has 0 bridgehead atoms. The van der Waals surface area contributed by atoms with Gasteiger partial charge in [-0.1, -0.05) is 26.0 Å².